The van der Waals surface area contributed by atoms with Gasteiger partial charge in [-0.3, -0.25) is 0 Å². The van der Waals surface area contributed by atoms with E-state index in [0.717, 1.165) is 37.7 Å². The van der Waals surface area contributed by atoms with E-state index in [1.807, 2.05) is 24.3 Å². The molecule has 3 nitrogen and oxygen atoms in total. The Morgan fingerprint density at radius 1 is 0.963 bits per heavy atom. The molecule has 0 aliphatic heterocycles. The molecule has 1 aromatic heterocycles. The normalized spacial score (nSPS) is 11.6. The monoisotopic (exact) mass is 378 g/mol. The van der Waals surface area contributed by atoms with Crippen LogP contribution in [-0.2, 0) is 17.4 Å². The lowest BCUT2D eigenvalue weighted by atomic mass is 10.0. The van der Waals surface area contributed by atoms with Crippen molar-refractivity contribution >= 4 is 5.78 Å². The van der Waals surface area contributed by atoms with Crippen LogP contribution in [0.1, 0.15) is 61.7 Å². The largest absolute Gasteiger partial charge is 0.451 e. The zero-order valence-corrected chi connectivity index (χ0v) is 16.0. The van der Waals surface area contributed by atoms with Gasteiger partial charge < -0.3 is 4.79 Å². The van der Waals surface area contributed by atoms with Crippen molar-refractivity contribution in [1.29, 1.82) is 0 Å². The molecule has 0 atom stereocenters. The van der Waals surface area contributed by atoms with Crippen molar-refractivity contribution in [2.45, 2.75) is 65.5 Å². The van der Waals surface area contributed by atoms with Gasteiger partial charge in [0.1, 0.15) is 5.78 Å². The van der Waals surface area contributed by atoms with Crippen molar-refractivity contribution in [3.63, 3.8) is 0 Å². The lowest BCUT2D eigenvalue weighted by Crippen LogP contribution is -2.13. The third-order valence-corrected chi connectivity index (χ3v) is 4.61. The van der Waals surface area contributed by atoms with E-state index in [1.165, 1.54) is 0 Å². The summed E-state index contributed by atoms with van der Waals surface area (Å²) in [6.45, 7) is 4.91. The topological polar surface area (TPSA) is 42.9 Å². The molecule has 2 aromatic rings. The summed E-state index contributed by atoms with van der Waals surface area (Å²) in [6.07, 6.45) is 1.06. The Labute approximate surface area is 158 Å². The molecule has 0 aliphatic carbocycles. The van der Waals surface area contributed by atoms with Gasteiger partial charge in [-0.15, -0.1) is 0 Å². The van der Waals surface area contributed by atoms with Crippen LogP contribution in [-0.4, -0.2) is 15.8 Å². The maximum atomic E-state index is 13.0. The maximum absolute atomic E-state index is 13.0. The van der Waals surface area contributed by atoms with Gasteiger partial charge in [-0.05, 0) is 51.2 Å². The highest BCUT2D eigenvalue weighted by molar-refractivity contribution is 5.75. The quantitative estimate of drug-likeness (QED) is 0.540. The molecular weight excluding hydrogens is 353 g/mol. The summed E-state index contributed by atoms with van der Waals surface area (Å²) in [5.74, 6) is -0.871. The standard InChI is InChI=1S/C21H25F3N2O/c1-14(27)8-6-4-5-7-9-17-10-12-18(13-11-17)19-15(2)16(3)25-20(26-19)21(22,23)24/h10-13H,4-9H2,1-3H3. The summed E-state index contributed by atoms with van der Waals surface area (Å²) in [5.41, 5.74) is 3.12. The predicted molar refractivity (Wildman–Crippen MR) is 99.4 cm³/mol. The maximum Gasteiger partial charge on any atom is 0.451 e. The first-order valence-corrected chi connectivity index (χ1v) is 9.19. The lowest BCUT2D eigenvalue weighted by Gasteiger charge is -2.12. The number of hydrogen-bond donors (Lipinski definition) is 0. The molecule has 0 fully saturated rings. The average Bonchev–Trinajstić information content (AvgIpc) is 2.59. The number of Topliss-reactive ketones (excluding diaryl/α,β-unsaturated/α-hetero) is 1. The van der Waals surface area contributed by atoms with Crippen LogP contribution in [0.3, 0.4) is 0 Å². The summed E-state index contributed by atoms with van der Waals surface area (Å²) in [5, 5.41) is 0. The minimum atomic E-state index is -4.56. The predicted octanol–water partition coefficient (Wildman–Crippen LogP) is 5.86. The fourth-order valence-corrected chi connectivity index (χ4v) is 2.92. The molecule has 27 heavy (non-hydrogen) atoms. The zero-order valence-electron chi connectivity index (χ0n) is 16.0. The Kier molecular flexibility index (Phi) is 7.11. The molecule has 0 spiro atoms. The number of carbonyl (C=O) groups excluding carboxylic acids is 1. The van der Waals surface area contributed by atoms with Crippen molar-refractivity contribution in [2.24, 2.45) is 0 Å². The summed E-state index contributed by atoms with van der Waals surface area (Å²) in [6, 6.07) is 7.52. The summed E-state index contributed by atoms with van der Waals surface area (Å²) >= 11 is 0. The molecule has 0 saturated heterocycles. The van der Waals surface area contributed by atoms with Gasteiger partial charge in [-0.1, -0.05) is 37.1 Å². The second-order valence-electron chi connectivity index (χ2n) is 6.92. The molecule has 0 aliphatic rings. The third-order valence-electron chi connectivity index (χ3n) is 4.61. The van der Waals surface area contributed by atoms with Crippen molar-refractivity contribution in [2.75, 3.05) is 0 Å². The Morgan fingerprint density at radius 2 is 1.59 bits per heavy atom. The summed E-state index contributed by atoms with van der Waals surface area (Å²) in [7, 11) is 0. The lowest BCUT2D eigenvalue weighted by molar-refractivity contribution is -0.145. The Balaban J connectivity index is 2.03. The highest BCUT2D eigenvalue weighted by Gasteiger charge is 2.35. The number of hydrogen-bond acceptors (Lipinski definition) is 3. The van der Waals surface area contributed by atoms with Crippen LogP contribution in [0.5, 0.6) is 0 Å². The molecule has 1 aromatic carbocycles. The van der Waals surface area contributed by atoms with E-state index >= 15 is 0 Å². The van der Waals surface area contributed by atoms with Crippen molar-refractivity contribution in [3.8, 4) is 11.3 Å². The van der Waals surface area contributed by atoms with Gasteiger partial charge in [0, 0.05) is 17.7 Å². The SMILES string of the molecule is CC(=O)CCCCCCc1ccc(-c2nc(C(F)(F)F)nc(C)c2C)cc1. The van der Waals surface area contributed by atoms with Crippen LogP contribution in [0.25, 0.3) is 11.3 Å². The van der Waals surface area contributed by atoms with Crippen LogP contribution in [0, 0.1) is 13.8 Å². The molecular formula is C21H25F3N2O. The van der Waals surface area contributed by atoms with Gasteiger partial charge in [-0.25, -0.2) is 9.97 Å². The number of aromatic nitrogens is 2. The number of unbranched alkanes of at least 4 members (excludes halogenated alkanes) is 3. The van der Waals surface area contributed by atoms with E-state index in [9.17, 15) is 18.0 Å². The number of alkyl halides is 3. The molecule has 0 N–H and O–H groups in total. The van der Waals surface area contributed by atoms with Crippen LogP contribution in [0.15, 0.2) is 24.3 Å². The Bertz CT molecular complexity index is 783. The third kappa shape index (κ3) is 6.15. The summed E-state index contributed by atoms with van der Waals surface area (Å²) < 4.78 is 39.0. The molecule has 0 amide bonds. The van der Waals surface area contributed by atoms with E-state index in [0.29, 0.717) is 28.9 Å². The second kappa shape index (κ2) is 9.11. The van der Waals surface area contributed by atoms with Gasteiger partial charge in [0.05, 0.1) is 5.69 Å². The molecule has 1 heterocycles. The van der Waals surface area contributed by atoms with Gasteiger partial charge in [0.25, 0.3) is 0 Å². The van der Waals surface area contributed by atoms with Gasteiger partial charge in [-0.2, -0.15) is 13.2 Å². The van der Waals surface area contributed by atoms with Crippen LogP contribution in [0.2, 0.25) is 0 Å². The first-order valence-electron chi connectivity index (χ1n) is 9.19. The molecule has 0 unspecified atom stereocenters. The highest BCUT2D eigenvalue weighted by Crippen LogP contribution is 2.30. The van der Waals surface area contributed by atoms with E-state index in [-0.39, 0.29) is 5.78 Å². The highest BCUT2D eigenvalue weighted by atomic mass is 19.4. The molecule has 0 radical (unpaired) electrons. The number of nitrogens with zero attached hydrogens (tertiary/aromatic N) is 2. The molecule has 0 saturated carbocycles. The van der Waals surface area contributed by atoms with Crippen molar-refractivity contribution in [3.05, 3.63) is 46.9 Å². The first-order chi connectivity index (χ1) is 12.7. The minimum absolute atomic E-state index is 0.231. The summed E-state index contributed by atoms with van der Waals surface area (Å²) in [4.78, 5) is 18.2. The van der Waals surface area contributed by atoms with Crippen LogP contribution < -0.4 is 0 Å². The van der Waals surface area contributed by atoms with Crippen molar-refractivity contribution < 1.29 is 18.0 Å². The van der Waals surface area contributed by atoms with Crippen molar-refractivity contribution in [1.82, 2.24) is 9.97 Å². The van der Waals surface area contributed by atoms with Crippen LogP contribution >= 0.6 is 0 Å². The van der Waals surface area contributed by atoms with Crippen LogP contribution in [0.4, 0.5) is 13.2 Å². The Hall–Kier alpha value is -2.24. The first kappa shape index (κ1) is 21.1. The number of carbonyl (C=O) groups is 1. The van der Waals surface area contributed by atoms with E-state index in [2.05, 4.69) is 9.97 Å². The second-order valence-corrected chi connectivity index (χ2v) is 6.92. The van der Waals surface area contributed by atoms with Gasteiger partial charge in [0.15, 0.2) is 0 Å². The zero-order chi connectivity index (χ0) is 20.0. The molecule has 6 heteroatoms. The smallest absolute Gasteiger partial charge is 0.300 e. The van der Waals surface area contributed by atoms with E-state index in [1.54, 1.807) is 20.8 Å². The average molecular weight is 378 g/mol. The van der Waals surface area contributed by atoms with E-state index in [4.69, 9.17) is 0 Å². The molecule has 146 valence electrons. The Morgan fingerprint density at radius 3 is 2.19 bits per heavy atom. The number of benzene rings is 1. The van der Waals surface area contributed by atoms with Gasteiger partial charge in [0.2, 0.25) is 5.82 Å². The van der Waals surface area contributed by atoms with E-state index < -0.39 is 12.0 Å². The number of aryl methyl sites for hydroxylation is 2. The molecule has 2 rings (SSSR count). The number of rotatable bonds is 8. The number of halogens is 3. The fourth-order valence-electron chi connectivity index (χ4n) is 2.92. The van der Waals surface area contributed by atoms with Gasteiger partial charge >= 0.3 is 6.18 Å². The number of ketones is 1. The molecule has 0 bridgehead atoms. The minimum Gasteiger partial charge on any atom is -0.300 e. The fraction of sp³-hybridized carbons (Fsp3) is 0.476.